The van der Waals surface area contributed by atoms with Crippen LogP contribution in [0.4, 0.5) is 0 Å². The van der Waals surface area contributed by atoms with Crippen molar-refractivity contribution in [2.75, 3.05) is 39.4 Å². The SMILES string of the molecule is C[C@@H]1CNC[C@H]1CNCCOCC1CC1. The fourth-order valence-electron chi connectivity index (χ4n) is 2.10. The van der Waals surface area contributed by atoms with Gasteiger partial charge in [0, 0.05) is 13.2 Å². The van der Waals surface area contributed by atoms with Crippen LogP contribution in [0.25, 0.3) is 0 Å². The number of nitrogens with one attached hydrogen (secondary N) is 2. The molecule has 0 aromatic rings. The van der Waals surface area contributed by atoms with Crippen molar-refractivity contribution in [2.45, 2.75) is 19.8 Å². The van der Waals surface area contributed by atoms with Crippen LogP contribution in [0.15, 0.2) is 0 Å². The first kappa shape index (κ1) is 11.4. The van der Waals surface area contributed by atoms with Crippen LogP contribution in [0, 0.1) is 17.8 Å². The Labute approximate surface area is 93.0 Å². The molecular formula is C12H24N2O. The second-order valence-corrected chi connectivity index (χ2v) is 5.12. The minimum Gasteiger partial charge on any atom is -0.380 e. The molecule has 1 saturated carbocycles. The van der Waals surface area contributed by atoms with E-state index in [-0.39, 0.29) is 0 Å². The number of hydrogen-bond donors (Lipinski definition) is 2. The highest BCUT2D eigenvalue weighted by atomic mass is 16.5. The highest BCUT2D eigenvalue weighted by Gasteiger charge is 2.22. The minimum absolute atomic E-state index is 0.813. The zero-order valence-electron chi connectivity index (χ0n) is 9.80. The first-order valence-corrected chi connectivity index (χ1v) is 6.35. The van der Waals surface area contributed by atoms with Crippen molar-refractivity contribution in [1.82, 2.24) is 10.6 Å². The molecule has 88 valence electrons. The van der Waals surface area contributed by atoms with Crippen LogP contribution in [-0.2, 0) is 4.74 Å². The van der Waals surface area contributed by atoms with Crippen molar-refractivity contribution in [3.8, 4) is 0 Å². The summed E-state index contributed by atoms with van der Waals surface area (Å²) in [5, 5.41) is 6.91. The van der Waals surface area contributed by atoms with Gasteiger partial charge in [-0.2, -0.15) is 0 Å². The van der Waals surface area contributed by atoms with Crippen molar-refractivity contribution in [2.24, 2.45) is 17.8 Å². The van der Waals surface area contributed by atoms with Gasteiger partial charge in [-0.1, -0.05) is 6.92 Å². The summed E-state index contributed by atoms with van der Waals surface area (Å²) < 4.78 is 5.57. The maximum absolute atomic E-state index is 5.57. The average Bonchev–Trinajstić information content (AvgIpc) is 2.96. The molecule has 1 saturated heterocycles. The van der Waals surface area contributed by atoms with E-state index in [0.717, 1.165) is 44.1 Å². The third-order valence-electron chi connectivity index (χ3n) is 3.56. The van der Waals surface area contributed by atoms with Gasteiger partial charge in [0.05, 0.1) is 6.61 Å². The van der Waals surface area contributed by atoms with E-state index in [1.165, 1.54) is 25.9 Å². The Balaban J connectivity index is 1.40. The molecule has 2 N–H and O–H groups in total. The summed E-state index contributed by atoms with van der Waals surface area (Å²) in [6.45, 7) is 8.71. The van der Waals surface area contributed by atoms with Crippen LogP contribution in [0.1, 0.15) is 19.8 Å². The van der Waals surface area contributed by atoms with E-state index < -0.39 is 0 Å². The molecule has 0 unspecified atom stereocenters. The Bertz CT molecular complexity index is 182. The van der Waals surface area contributed by atoms with Crippen LogP contribution in [0.3, 0.4) is 0 Å². The Morgan fingerprint density at radius 2 is 2.20 bits per heavy atom. The molecule has 3 nitrogen and oxygen atoms in total. The summed E-state index contributed by atoms with van der Waals surface area (Å²) in [6.07, 6.45) is 2.78. The predicted octanol–water partition coefficient (Wildman–Crippen LogP) is 0.858. The highest BCUT2D eigenvalue weighted by molar-refractivity contribution is 4.79. The van der Waals surface area contributed by atoms with Gasteiger partial charge in [0.2, 0.25) is 0 Å². The fraction of sp³-hybridized carbons (Fsp3) is 1.00. The van der Waals surface area contributed by atoms with Crippen LogP contribution >= 0.6 is 0 Å². The number of rotatable bonds is 7. The van der Waals surface area contributed by atoms with Crippen LogP contribution in [-0.4, -0.2) is 39.4 Å². The third-order valence-corrected chi connectivity index (χ3v) is 3.56. The van der Waals surface area contributed by atoms with E-state index >= 15 is 0 Å². The molecule has 2 rings (SSSR count). The van der Waals surface area contributed by atoms with E-state index in [4.69, 9.17) is 4.74 Å². The maximum atomic E-state index is 5.57. The lowest BCUT2D eigenvalue weighted by molar-refractivity contribution is 0.125. The van der Waals surface area contributed by atoms with Gasteiger partial charge < -0.3 is 15.4 Å². The first-order chi connectivity index (χ1) is 7.36. The molecule has 2 aliphatic rings. The monoisotopic (exact) mass is 212 g/mol. The van der Waals surface area contributed by atoms with Gasteiger partial charge in [0.1, 0.15) is 0 Å². The zero-order valence-corrected chi connectivity index (χ0v) is 9.80. The van der Waals surface area contributed by atoms with Crippen molar-refractivity contribution in [3.63, 3.8) is 0 Å². The van der Waals surface area contributed by atoms with Crippen molar-refractivity contribution in [3.05, 3.63) is 0 Å². The standard InChI is InChI=1S/C12H24N2O/c1-10-6-14-8-12(10)7-13-4-5-15-9-11-2-3-11/h10-14H,2-9H2,1H3/t10-,12-/m1/s1. The molecule has 0 aromatic carbocycles. The minimum atomic E-state index is 0.813. The summed E-state index contributed by atoms with van der Waals surface area (Å²) in [5.41, 5.74) is 0. The van der Waals surface area contributed by atoms with Crippen molar-refractivity contribution < 1.29 is 4.74 Å². The zero-order chi connectivity index (χ0) is 10.5. The Morgan fingerprint density at radius 3 is 2.87 bits per heavy atom. The molecule has 2 atom stereocenters. The van der Waals surface area contributed by atoms with Gasteiger partial charge in [-0.15, -0.1) is 0 Å². The smallest absolute Gasteiger partial charge is 0.0591 e. The third kappa shape index (κ3) is 4.09. The molecule has 1 heterocycles. The van der Waals surface area contributed by atoms with Crippen LogP contribution < -0.4 is 10.6 Å². The Hall–Kier alpha value is -0.120. The second kappa shape index (κ2) is 5.83. The summed E-state index contributed by atoms with van der Waals surface area (Å²) in [6, 6.07) is 0. The second-order valence-electron chi connectivity index (χ2n) is 5.12. The fourth-order valence-corrected chi connectivity index (χ4v) is 2.10. The van der Waals surface area contributed by atoms with E-state index in [9.17, 15) is 0 Å². The molecule has 2 fully saturated rings. The van der Waals surface area contributed by atoms with Gasteiger partial charge >= 0.3 is 0 Å². The van der Waals surface area contributed by atoms with Gasteiger partial charge in [-0.05, 0) is 50.2 Å². The van der Waals surface area contributed by atoms with Crippen molar-refractivity contribution in [1.29, 1.82) is 0 Å². The average molecular weight is 212 g/mol. The topological polar surface area (TPSA) is 33.3 Å². The number of ether oxygens (including phenoxy) is 1. The molecule has 0 aromatic heterocycles. The molecule has 1 aliphatic carbocycles. The molecule has 0 amide bonds. The van der Waals surface area contributed by atoms with Crippen molar-refractivity contribution >= 4 is 0 Å². The molecule has 0 spiro atoms. The largest absolute Gasteiger partial charge is 0.380 e. The number of hydrogen-bond acceptors (Lipinski definition) is 3. The maximum Gasteiger partial charge on any atom is 0.0591 e. The summed E-state index contributed by atoms with van der Waals surface area (Å²) >= 11 is 0. The highest BCUT2D eigenvalue weighted by Crippen LogP contribution is 2.28. The lowest BCUT2D eigenvalue weighted by Crippen LogP contribution is -2.29. The molecule has 15 heavy (non-hydrogen) atoms. The molecule has 3 heteroatoms. The van der Waals surface area contributed by atoms with Gasteiger partial charge in [0.15, 0.2) is 0 Å². The van der Waals surface area contributed by atoms with Crippen LogP contribution in [0.2, 0.25) is 0 Å². The normalized spacial score (nSPS) is 31.0. The molecular weight excluding hydrogens is 188 g/mol. The Morgan fingerprint density at radius 1 is 1.33 bits per heavy atom. The first-order valence-electron chi connectivity index (χ1n) is 6.35. The summed E-state index contributed by atoms with van der Waals surface area (Å²) in [5.74, 6) is 2.53. The Kier molecular flexibility index (Phi) is 4.42. The summed E-state index contributed by atoms with van der Waals surface area (Å²) in [7, 11) is 0. The molecule has 0 bridgehead atoms. The van der Waals surface area contributed by atoms with Gasteiger partial charge in [-0.3, -0.25) is 0 Å². The van der Waals surface area contributed by atoms with Crippen LogP contribution in [0.5, 0.6) is 0 Å². The van der Waals surface area contributed by atoms with Gasteiger partial charge in [0.25, 0.3) is 0 Å². The van der Waals surface area contributed by atoms with E-state index in [1.807, 2.05) is 0 Å². The van der Waals surface area contributed by atoms with E-state index in [0.29, 0.717) is 0 Å². The predicted molar refractivity (Wildman–Crippen MR) is 61.9 cm³/mol. The molecule has 0 radical (unpaired) electrons. The quantitative estimate of drug-likeness (QED) is 0.614. The summed E-state index contributed by atoms with van der Waals surface area (Å²) in [4.78, 5) is 0. The van der Waals surface area contributed by atoms with E-state index in [2.05, 4.69) is 17.6 Å². The lowest BCUT2D eigenvalue weighted by atomic mass is 9.98. The van der Waals surface area contributed by atoms with E-state index in [1.54, 1.807) is 0 Å². The lowest BCUT2D eigenvalue weighted by Gasteiger charge is -2.14. The molecule has 1 aliphatic heterocycles. The van der Waals surface area contributed by atoms with Gasteiger partial charge in [-0.25, -0.2) is 0 Å².